The first-order valence-corrected chi connectivity index (χ1v) is 10.5. The van der Waals surface area contributed by atoms with Gasteiger partial charge in [-0.1, -0.05) is 17.4 Å². The second-order valence-electron chi connectivity index (χ2n) is 5.77. The van der Waals surface area contributed by atoms with Gasteiger partial charge < -0.3 is 14.0 Å². The molecule has 140 valence electrons. The van der Waals surface area contributed by atoms with Crippen LogP contribution in [0.2, 0.25) is 0 Å². The number of carbonyl (C=O) groups excluding carboxylic acids is 1. The smallest absolute Gasteiger partial charge is 0.263 e. The number of carbonyl (C=O) groups is 1. The number of thiazole rings is 1. The van der Waals surface area contributed by atoms with Gasteiger partial charge in [0.1, 0.15) is 13.2 Å². The maximum Gasteiger partial charge on any atom is 0.263 e. The lowest BCUT2D eigenvalue weighted by Crippen LogP contribution is -2.31. The number of amides is 1. The molecular weight excluding hydrogens is 378 g/mol. The van der Waals surface area contributed by atoms with Crippen molar-refractivity contribution in [1.29, 1.82) is 0 Å². The number of ether oxygens (including phenoxy) is 2. The minimum atomic E-state index is -3.45. The molecule has 1 aromatic carbocycles. The highest BCUT2D eigenvalue weighted by molar-refractivity contribution is 7.88. The van der Waals surface area contributed by atoms with Crippen LogP contribution in [0.5, 0.6) is 11.5 Å². The first-order chi connectivity index (χ1) is 12.3. The van der Waals surface area contributed by atoms with Crippen molar-refractivity contribution in [3.8, 4) is 11.5 Å². The van der Waals surface area contributed by atoms with Crippen molar-refractivity contribution in [1.82, 2.24) is 8.87 Å². The Labute approximate surface area is 155 Å². The van der Waals surface area contributed by atoms with Gasteiger partial charge in [-0.15, -0.1) is 6.58 Å². The molecule has 0 unspecified atom stereocenters. The summed E-state index contributed by atoms with van der Waals surface area (Å²) in [5, 5.41) is 0. The Kier molecular flexibility index (Phi) is 5.17. The minimum absolute atomic E-state index is 0.316. The summed E-state index contributed by atoms with van der Waals surface area (Å²) in [7, 11) is -2.10. The van der Waals surface area contributed by atoms with E-state index >= 15 is 0 Å². The molecule has 10 heteroatoms. The van der Waals surface area contributed by atoms with E-state index in [0.717, 1.165) is 20.8 Å². The molecule has 3 rings (SSSR count). The normalized spacial score (nSPS) is 14.8. The standard InChI is InChI=1S/C16H19N3O5S2/c1-4-5-19-11-8-12-13(24-7-6-23-12)9-14(11)25-16(19)17-15(20)10-18(2)26(3,21)22/h4,8-9H,1,5-7,10H2,2-3H3. The molecule has 0 N–H and O–H groups in total. The van der Waals surface area contributed by atoms with E-state index in [1.54, 1.807) is 6.08 Å². The van der Waals surface area contributed by atoms with E-state index in [0.29, 0.717) is 36.1 Å². The van der Waals surface area contributed by atoms with Crippen LogP contribution in [0.3, 0.4) is 0 Å². The van der Waals surface area contributed by atoms with Crippen molar-refractivity contribution in [3.63, 3.8) is 0 Å². The van der Waals surface area contributed by atoms with Crippen LogP contribution in [0.1, 0.15) is 0 Å². The van der Waals surface area contributed by atoms with E-state index in [1.807, 2.05) is 16.7 Å². The van der Waals surface area contributed by atoms with Crippen molar-refractivity contribution in [2.24, 2.45) is 4.99 Å². The zero-order valence-electron chi connectivity index (χ0n) is 14.5. The van der Waals surface area contributed by atoms with E-state index in [-0.39, 0.29) is 6.54 Å². The number of hydrogen-bond acceptors (Lipinski definition) is 6. The number of likely N-dealkylation sites (N-methyl/N-ethyl adjacent to an activating group) is 1. The zero-order chi connectivity index (χ0) is 18.9. The van der Waals surface area contributed by atoms with Crippen LogP contribution in [-0.2, 0) is 21.4 Å². The van der Waals surface area contributed by atoms with E-state index in [2.05, 4.69) is 11.6 Å². The Morgan fingerprint density at radius 1 is 1.38 bits per heavy atom. The predicted molar refractivity (Wildman–Crippen MR) is 99.0 cm³/mol. The summed E-state index contributed by atoms with van der Waals surface area (Å²) in [5.41, 5.74) is 0.849. The van der Waals surface area contributed by atoms with Crippen LogP contribution in [-0.4, -0.2) is 56.3 Å². The van der Waals surface area contributed by atoms with Crippen LogP contribution < -0.4 is 14.3 Å². The maximum absolute atomic E-state index is 12.2. The molecule has 1 aliphatic rings. The van der Waals surface area contributed by atoms with Gasteiger partial charge in [0, 0.05) is 25.7 Å². The van der Waals surface area contributed by atoms with Gasteiger partial charge in [-0.3, -0.25) is 4.79 Å². The van der Waals surface area contributed by atoms with Gasteiger partial charge in [0.25, 0.3) is 5.91 Å². The average Bonchev–Trinajstić information content (AvgIpc) is 2.88. The average molecular weight is 397 g/mol. The Morgan fingerprint density at radius 2 is 2.04 bits per heavy atom. The molecule has 1 aromatic heterocycles. The maximum atomic E-state index is 12.2. The molecule has 0 radical (unpaired) electrons. The molecule has 26 heavy (non-hydrogen) atoms. The first-order valence-electron chi connectivity index (χ1n) is 7.82. The summed E-state index contributed by atoms with van der Waals surface area (Å²) in [5.74, 6) is 0.763. The Balaban J connectivity index is 2.05. The van der Waals surface area contributed by atoms with E-state index < -0.39 is 15.9 Å². The Bertz CT molecular complexity index is 1040. The van der Waals surface area contributed by atoms with Crippen LogP contribution >= 0.6 is 11.3 Å². The Morgan fingerprint density at radius 3 is 2.65 bits per heavy atom. The summed E-state index contributed by atoms with van der Waals surface area (Å²) in [6.07, 6.45) is 2.75. The van der Waals surface area contributed by atoms with Gasteiger partial charge in [0.2, 0.25) is 10.0 Å². The van der Waals surface area contributed by atoms with Crippen LogP contribution in [0.25, 0.3) is 10.2 Å². The summed E-state index contributed by atoms with van der Waals surface area (Å²) >= 11 is 1.32. The zero-order valence-corrected chi connectivity index (χ0v) is 16.1. The summed E-state index contributed by atoms with van der Waals surface area (Å²) in [6.45, 7) is 4.85. The number of nitrogens with zero attached hydrogens (tertiary/aromatic N) is 3. The number of rotatable bonds is 5. The van der Waals surface area contributed by atoms with Gasteiger partial charge in [0.15, 0.2) is 16.3 Å². The summed E-state index contributed by atoms with van der Waals surface area (Å²) in [4.78, 5) is 16.8. The molecule has 0 bridgehead atoms. The molecule has 0 saturated heterocycles. The molecule has 0 aliphatic carbocycles. The molecule has 2 aromatic rings. The highest BCUT2D eigenvalue weighted by atomic mass is 32.2. The number of hydrogen-bond donors (Lipinski definition) is 0. The van der Waals surface area contributed by atoms with Gasteiger partial charge in [-0.05, 0) is 0 Å². The lowest BCUT2D eigenvalue weighted by Gasteiger charge is -2.18. The van der Waals surface area contributed by atoms with Crippen molar-refractivity contribution in [2.45, 2.75) is 6.54 Å². The summed E-state index contributed by atoms with van der Waals surface area (Å²) in [6, 6.07) is 3.72. The summed E-state index contributed by atoms with van der Waals surface area (Å²) < 4.78 is 37.8. The third-order valence-electron chi connectivity index (χ3n) is 3.80. The van der Waals surface area contributed by atoms with Crippen LogP contribution in [0, 0.1) is 0 Å². The largest absolute Gasteiger partial charge is 0.486 e. The minimum Gasteiger partial charge on any atom is -0.486 e. The fourth-order valence-electron chi connectivity index (χ4n) is 2.45. The number of allylic oxidation sites excluding steroid dienone is 1. The fraction of sp³-hybridized carbons (Fsp3) is 0.375. The molecular formula is C16H19N3O5S2. The van der Waals surface area contributed by atoms with Crippen molar-refractivity contribution in [2.75, 3.05) is 33.1 Å². The molecule has 0 atom stereocenters. The monoisotopic (exact) mass is 397 g/mol. The van der Waals surface area contributed by atoms with Crippen LogP contribution in [0.4, 0.5) is 0 Å². The molecule has 8 nitrogen and oxygen atoms in total. The highest BCUT2D eigenvalue weighted by Gasteiger charge is 2.18. The van der Waals surface area contributed by atoms with Gasteiger partial charge >= 0.3 is 0 Å². The quantitative estimate of drug-likeness (QED) is 0.702. The van der Waals surface area contributed by atoms with Crippen molar-refractivity contribution >= 4 is 37.5 Å². The number of benzene rings is 1. The van der Waals surface area contributed by atoms with Gasteiger partial charge in [-0.25, -0.2) is 8.42 Å². The SMILES string of the molecule is C=CCn1c(=NC(=O)CN(C)S(C)(=O)=O)sc2cc3c(cc21)OCCO3. The van der Waals surface area contributed by atoms with E-state index in [4.69, 9.17) is 9.47 Å². The highest BCUT2D eigenvalue weighted by Crippen LogP contribution is 2.35. The lowest BCUT2D eigenvalue weighted by molar-refractivity contribution is -0.118. The molecule has 0 saturated carbocycles. The third-order valence-corrected chi connectivity index (χ3v) is 6.11. The number of sulfonamides is 1. The molecule has 2 heterocycles. The van der Waals surface area contributed by atoms with Crippen molar-refractivity contribution < 1.29 is 22.7 Å². The molecule has 1 aliphatic heterocycles. The third kappa shape index (κ3) is 3.81. The Hall–Kier alpha value is -2.17. The second-order valence-corrected chi connectivity index (χ2v) is 8.87. The van der Waals surface area contributed by atoms with E-state index in [1.165, 1.54) is 18.4 Å². The number of fused-ring (bicyclic) bond motifs is 2. The van der Waals surface area contributed by atoms with Gasteiger partial charge in [-0.2, -0.15) is 9.30 Å². The first kappa shape index (κ1) is 18.6. The fourth-order valence-corrected chi connectivity index (χ4v) is 3.86. The lowest BCUT2D eigenvalue weighted by atomic mass is 10.2. The molecule has 0 spiro atoms. The van der Waals surface area contributed by atoms with Gasteiger partial charge in [0.05, 0.1) is 23.0 Å². The predicted octanol–water partition coefficient (Wildman–Crippen LogP) is 0.979. The number of aromatic nitrogens is 1. The molecule has 0 fully saturated rings. The molecule has 1 amide bonds. The van der Waals surface area contributed by atoms with E-state index in [9.17, 15) is 13.2 Å². The van der Waals surface area contributed by atoms with Crippen LogP contribution in [0.15, 0.2) is 29.8 Å². The second kappa shape index (κ2) is 7.22. The van der Waals surface area contributed by atoms with Crippen molar-refractivity contribution in [3.05, 3.63) is 29.6 Å². The topological polar surface area (TPSA) is 90.2 Å².